The number of nitrogens with one attached hydrogen (secondary N) is 1. The Balaban J connectivity index is 2.12. The Kier molecular flexibility index (Phi) is 4.48. The van der Waals surface area contributed by atoms with E-state index in [-0.39, 0.29) is 6.10 Å². The molecule has 0 amide bonds. The van der Waals surface area contributed by atoms with Gasteiger partial charge in [0.15, 0.2) is 0 Å². The Bertz CT molecular complexity index is 382. The molecule has 1 aliphatic heterocycles. The van der Waals surface area contributed by atoms with Crippen molar-refractivity contribution in [2.75, 3.05) is 31.1 Å². The molecule has 0 bridgehead atoms. The maximum atomic E-state index is 5.73. The fourth-order valence-corrected chi connectivity index (χ4v) is 2.41. The Morgan fingerprint density at radius 1 is 1.22 bits per heavy atom. The number of anilines is 1. The molecule has 18 heavy (non-hydrogen) atoms. The van der Waals surface area contributed by atoms with Gasteiger partial charge in [0, 0.05) is 25.3 Å². The van der Waals surface area contributed by atoms with Crippen LogP contribution in [-0.2, 0) is 0 Å². The third-order valence-electron chi connectivity index (χ3n) is 3.22. The summed E-state index contributed by atoms with van der Waals surface area (Å²) in [7, 11) is 0. The summed E-state index contributed by atoms with van der Waals surface area (Å²) in [4.78, 5) is 2.47. The van der Waals surface area contributed by atoms with Crippen LogP contribution in [0.3, 0.4) is 0 Å². The van der Waals surface area contributed by atoms with Gasteiger partial charge in [-0.15, -0.1) is 0 Å². The molecular weight excluding hydrogens is 224 g/mol. The largest absolute Gasteiger partial charge is 0.491 e. The van der Waals surface area contributed by atoms with E-state index in [1.165, 1.54) is 17.7 Å². The van der Waals surface area contributed by atoms with Gasteiger partial charge in [-0.05, 0) is 57.5 Å². The highest BCUT2D eigenvalue weighted by atomic mass is 16.5. The van der Waals surface area contributed by atoms with Gasteiger partial charge in [0.05, 0.1) is 6.10 Å². The molecule has 1 N–H and O–H groups in total. The first-order valence-electron chi connectivity index (χ1n) is 6.90. The van der Waals surface area contributed by atoms with Crippen LogP contribution in [0.4, 0.5) is 5.69 Å². The molecule has 1 aromatic rings. The molecule has 3 heteroatoms. The fraction of sp³-hybridized carbons (Fsp3) is 0.600. The Morgan fingerprint density at radius 2 is 2.06 bits per heavy atom. The molecule has 1 heterocycles. The van der Waals surface area contributed by atoms with Gasteiger partial charge in [0.25, 0.3) is 0 Å². The van der Waals surface area contributed by atoms with Gasteiger partial charge in [-0.3, -0.25) is 0 Å². The predicted molar refractivity (Wildman–Crippen MR) is 76.6 cm³/mol. The van der Waals surface area contributed by atoms with Crippen LogP contribution in [0.5, 0.6) is 5.75 Å². The maximum absolute atomic E-state index is 5.73. The SMILES string of the molecule is Cc1cc(OC(C)C)ccc1N1CCCNCC1. The van der Waals surface area contributed by atoms with Crippen LogP contribution in [0, 0.1) is 6.92 Å². The molecule has 2 rings (SSSR count). The highest BCUT2D eigenvalue weighted by Gasteiger charge is 2.12. The lowest BCUT2D eigenvalue weighted by Gasteiger charge is -2.25. The molecule has 0 spiro atoms. The lowest BCUT2D eigenvalue weighted by Crippen LogP contribution is -2.28. The number of benzene rings is 1. The van der Waals surface area contributed by atoms with E-state index < -0.39 is 0 Å². The van der Waals surface area contributed by atoms with Crippen LogP contribution >= 0.6 is 0 Å². The molecule has 0 radical (unpaired) electrons. The molecule has 1 fully saturated rings. The van der Waals surface area contributed by atoms with Crippen molar-refractivity contribution < 1.29 is 4.74 Å². The number of ether oxygens (including phenoxy) is 1. The van der Waals surface area contributed by atoms with Gasteiger partial charge >= 0.3 is 0 Å². The minimum atomic E-state index is 0.234. The molecule has 1 aromatic carbocycles. The number of rotatable bonds is 3. The first kappa shape index (κ1) is 13.2. The molecule has 3 nitrogen and oxygen atoms in total. The molecule has 100 valence electrons. The van der Waals surface area contributed by atoms with Gasteiger partial charge < -0.3 is 15.0 Å². The molecule has 0 unspecified atom stereocenters. The van der Waals surface area contributed by atoms with E-state index in [0.717, 1.165) is 31.9 Å². The number of aryl methyl sites for hydroxylation is 1. The third-order valence-corrected chi connectivity index (χ3v) is 3.22. The van der Waals surface area contributed by atoms with Crippen LogP contribution in [0.2, 0.25) is 0 Å². The minimum Gasteiger partial charge on any atom is -0.491 e. The average molecular weight is 248 g/mol. The van der Waals surface area contributed by atoms with Gasteiger partial charge in [-0.25, -0.2) is 0 Å². The van der Waals surface area contributed by atoms with E-state index in [9.17, 15) is 0 Å². The molecule has 1 aliphatic rings. The summed E-state index contributed by atoms with van der Waals surface area (Å²) in [6.45, 7) is 10.7. The molecule has 0 saturated carbocycles. The third kappa shape index (κ3) is 3.39. The highest BCUT2D eigenvalue weighted by Crippen LogP contribution is 2.25. The topological polar surface area (TPSA) is 24.5 Å². The quantitative estimate of drug-likeness (QED) is 0.890. The van der Waals surface area contributed by atoms with Gasteiger partial charge in [-0.2, -0.15) is 0 Å². The molecular formula is C15H24N2O. The maximum Gasteiger partial charge on any atom is 0.120 e. The molecule has 1 saturated heterocycles. The summed E-state index contributed by atoms with van der Waals surface area (Å²) >= 11 is 0. The van der Waals surface area contributed by atoms with Crippen molar-refractivity contribution in [2.24, 2.45) is 0 Å². The second-order valence-electron chi connectivity index (χ2n) is 5.21. The molecule has 0 aromatic heterocycles. The summed E-state index contributed by atoms with van der Waals surface area (Å²) in [5.41, 5.74) is 2.64. The Labute approximate surface area is 110 Å². The molecule has 0 atom stereocenters. The van der Waals surface area contributed by atoms with Crippen molar-refractivity contribution in [1.82, 2.24) is 5.32 Å². The van der Waals surface area contributed by atoms with Gasteiger partial charge in [-0.1, -0.05) is 0 Å². The molecule has 0 aliphatic carbocycles. The smallest absolute Gasteiger partial charge is 0.120 e. The number of nitrogens with zero attached hydrogens (tertiary/aromatic N) is 1. The first-order valence-corrected chi connectivity index (χ1v) is 6.90. The summed E-state index contributed by atoms with van der Waals surface area (Å²) < 4.78 is 5.73. The zero-order valence-corrected chi connectivity index (χ0v) is 11.7. The standard InChI is InChI=1S/C15H24N2O/c1-12(2)18-14-5-6-15(13(3)11-14)17-9-4-7-16-8-10-17/h5-6,11-12,16H,4,7-10H2,1-3H3. The zero-order chi connectivity index (χ0) is 13.0. The van der Waals surface area contributed by atoms with Crippen molar-refractivity contribution in [2.45, 2.75) is 33.3 Å². The van der Waals surface area contributed by atoms with Crippen molar-refractivity contribution in [3.63, 3.8) is 0 Å². The monoisotopic (exact) mass is 248 g/mol. The van der Waals surface area contributed by atoms with Crippen LogP contribution in [0.25, 0.3) is 0 Å². The summed E-state index contributed by atoms with van der Waals surface area (Å²) in [6, 6.07) is 6.42. The second kappa shape index (κ2) is 6.10. The van der Waals surface area contributed by atoms with E-state index in [1.807, 2.05) is 0 Å². The van der Waals surface area contributed by atoms with Crippen LogP contribution in [-0.4, -0.2) is 32.3 Å². The normalized spacial score (nSPS) is 16.8. The Hall–Kier alpha value is -1.22. The van der Waals surface area contributed by atoms with Crippen LogP contribution in [0.1, 0.15) is 25.8 Å². The zero-order valence-electron chi connectivity index (χ0n) is 11.7. The fourth-order valence-electron chi connectivity index (χ4n) is 2.41. The average Bonchev–Trinajstić information content (AvgIpc) is 2.57. The van der Waals surface area contributed by atoms with E-state index in [1.54, 1.807) is 0 Å². The number of hydrogen-bond donors (Lipinski definition) is 1. The number of hydrogen-bond acceptors (Lipinski definition) is 3. The van der Waals surface area contributed by atoms with Crippen molar-refractivity contribution in [3.05, 3.63) is 23.8 Å². The second-order valence-corrected chi connectivity index (χ2v) is 5.21. The van der Waals surface area contributed by atoms with Crippen molar-refractivity contribution >= 4 is 5.69 Å². The van der Waals surface area contributed by atoms with E-state index >= 15 is 0 Å². The van der Waals surface area contributed by atoms with E-state index in [2.05, 4.69) is 49.2 Å². The van der Waals surface area contributed by atoms with Gasteiger partial charge in [0.1, 0.15) is 5.75 Å². The van der Waals surface area contributed by atoms with Crippen molar-refractivity contribution in [3.8, 4) is 5.75 Å². The van der Waals surface area contributed by atoms with E-state index in [4.69, 9.17) is 4.74 Å². The van der Waals surface area contributed by atoms with Crippen LogP contribution < -0.4 is 15.0 Å². The lowest BCUT2D eigenvalue weighted by atomic mass is 10.1. The predicted octanol–water partition coefficient (Wildman–Crippen LogP) is 2.58. The van der Waals surface area contributed by atoms with Gasteiger partial charge in [0.2, 0.25) is 0 Å². The summed E-state index contributed by atoms with van der Waals surface area (Å²) in [5, 5.41) is 3.44. The van der Waals surface area contributed by atoms with E-state index in [0.29, 0.717) is 0 Å². The van der Waals surface area contributed by atoms with Crippen molar-refractivity contribution in [1.29, 1.82) is 0 Å². The highest BCUT2D eigenvalue weighted by molar-refractivity contribution is 5.56. The van der Waals surface area contributed by atoms with Crippen LogP contribution in [0.15, 0.2) is 18.2 Å². The lowest BCUT2D eigenvalue weighted by molar-refractivity contribution is 0.242. The summed E-state index contributed by atoms with van der Waals surface area (Å²) in [6.07, 6.45) is 1.45. The first-order chi connectivity index (χ1) is 8.66. The summed E-state index contributed by atoms with van der Waals surface area (Å²) in [5.74, 6) is 0.971. The minimum absolute atomic E-state index is 0.234. The Morgan fingerprint density at radius 3 is 2.78 bits per heavy atom.